The van der Waals surface area contributed by atoms with Crippen LogP contribution in [0.3, 0.4) is 0 Å². The quantitative estimate of drug-likeness (QED) is 0.903. The van der Waals surface area contributed by atoms with Gasteiger partial charge in [0.25, 0.3) is 0 Å². The van der Waals surface area contributed by atoms with E-state index in [-0.39, 0.29) is 6.10 Å². The number of aryl methyl sites for hydroxylation is 1. The Hall–Kier alpha value is -1.41. The number of nitrogens with zero attached hydrogens (tertiary/aromatic N) is 1. The first-order chi connectivity index (χ1) is 9.34. The van der Waals surface area contributed by atoms with Gasteiger partial charge < -0.3 is 5.11 Å². The predicted octanol–water partition coefficient (Wildman–Crippen LogP) is 3.72. The zero-order valence-corrected chi connectivity index (χ0v) is 11.3. The van der Waals surface area contributed by atoms with Crippen molar-refractivity contribution in [2.75, 3.05) is 0 Å². The van der Waals surface area contributed by atoms with Gasteiger partial charge in [-0.3, -0.25) is 4.98 Å². The summed E-state index contributed by atoms with van der Waals surface area (Å²) in [6.07, 6.45) is 8.48. The van der Waals surface area contributed by atoms with Gasteiger partial charge in [0.05, 0.1) is 11.6 Å². The second-order valence-corrected chi connectivity index (χ2v) is 5.64. The first-order valence-corrected chi connectivity index (χ1v) is 7.35. The molecule has 0 spiro atoms. The Kier molecular flexibility index (Phi) is 3.79. The summed E-state index contributed by atoms with van der Waals surface area (Å²) in [6, 6.07) is 10.4. The van der Waals surface area contributed by atoms with Crippen LogP contribution < -0.4 is 0 Å². The highest BCUT2D eigenvalue weighted by Gasteiger charge is 2.22. The summed E-state index contributed by atoms with van der Waals surface area (Å²) in [5.74, 6) is 0.530. The summed E-state index contributed by atoms with van der Waals surface area (Å²) in [7, 11) is 0. The lowest BCUT2D eigenvalue weighted by Gasteiger charge is -2.17. The van der Waals surface area contributed by atoms with Crippen molar-refractivity contribution in [1.29, 1.82) is 0 Å². The van der Waals surface area contributed by atoms with E-state index in [0.29, 0.717) is 5.92 Å². The van der Waals surface area contributed by atoms with Crippen LogP contribution in [-0.2, 0) is 6.42 Å². The third-order valence-corrected chi connectivity index (χ3v) is 4.37. The molecule has 1 fully saturated rings. The van der Waals surface area contributed by atoms with Gasteiger partial charge in [0.15, 0.2) is 0 Å². The second kappa shape index (κ2) is 5.70. The number of para-hydroxylation sites is 1. The fraction of sp³-hybridized carbons (Fsp3) is 0.471. The summed E-state index contributed by atoms with van der Waals surface area (Å²) in [5, 5.41) is 11.5. The molecule has 19 heavy (non-hydrogen) atoms. The van der Waals surface area contributed by atoms with Crippen LogP contribution in [-0.4, -0.2) is 16.2 Å². The van der Waals surface area contributed by atoms with E-state index in [0.717, 1.165) is 18.4 Å². The number of pyridine rings is 1. The van der Waals surface area contributed by atoms with Crippen LogP contribution in [0.25, 0.3) is 10.9 Å². The lowest BCUT2D eigenvalue weighted by atomic mass is 9.94. The van der Waals surface area contributed by atoms with E-state index in [4.69, 9.17) is 0 Å². The molecule has 3 rings (SSSR count). The number of fused-ring (bicyclic) bond motifs is 1. The van der Waals surface area contributed by atoms with Gasteiger partial charge in [-0.15, -0.1) is 0 Å². The Morgan fingerprint density at radius 1 is 1.16 bits per heavy atom. The lowest BCUT2D eigenvalue weighted by Crippen LogP contribution is -2.18. The molecule has 0 amide bonds. The Balaban J connectivity index is 1.71. The minimum Gasteiger partial charge on any atom is -0.393 e. The number of aromatic nitrogens is 1. The Morgan fingerprint density at radius 3 is 2.79 bits per heavy atom. The van der Waals surface area contributed by atoms with Crippen LogP contribution in [0.4, 0.5) is 0 Å². The van der Waals surface area contributed by atoms with Crippen molar-refractivity contribution in [3.8, 4) is 0 Å². The molecule has 0 saturated heterocycles. The largest absolute Gasteiger partial charge is 0.393 e. The average molecular weight is 255 g/mol. The molecule has 1 unspecified atom stereocenters. The van der Waals surface area contributed by atoms with Gasteiger partial charge in [-0.2, -0.15) is 0 Å². The molecule has 1 aliphatic rings. The molecule has 2 nitrogen and oxygen atoms in total. The van der Waals surface area contributed by atoms with Crippen molar-refractivity contribution in [2.24, 2.45) is 5.92 Å². The van der Waals surface area contributed by atoms with Crippen molar-refractivity contribution < 1.29 is 5.11 Å². The minimum absolute atomic E-state index is 0.138. The smallest absolute Gasteiger partial charge is 0.0733 e. The molecule has 1 N–H and O–H groups in total. The van der Waals surface area contributed by atoms with E-state index < -0.39 is 0 Å². The van der Waals surface area contributed by atoms with E-state index in [1.54, 1.807) is 0 Å². The topological polar surface area (TPSA) is 33.1 Å². The SMILES string of the molecule is OC(CCc1cccc2cccnc12)C1CCCC1. The number of rotatable bonds is 4. The van der Waals surface area contributed by atoms with E-state index >= 15 is 0 Å². The van der Waals surface area contributed by atoms with Crippen molar-refractivity contribution in [3.05, 3.63) is 42.1 Å². The standard InChI is InChI=1S/C17H21NO/c19-16(13-5-1-2-6-13)11-10-15-8-3-7-14-9-4-12-18-17(14)15/h3-4,7-9,12-13,16,19H,1-2,5-6,10-11H2. The summed E-state index contributed by atoms with van der Waals surface area (Å²) in [5.41, 5.74) is 2.35. The van der Waals surface area contributed by atoms with Gasteiger partial charge in [0, 0.05) is 11.6 Å². The number of benzene rings is 1. The molecule has 100 valence electrons. The molecule has 1 aromatic carbocycles. The number of aliphatic hydroxyl groups is 1. The van der Waals surface area contributed by atoms with E-state index in [1.807, 2.05) is 12.3 Å². The monoisotopic (exact) mass is 255 g/mol. The first-order valence-electron chi connectivity index (χ1n) is 7.35. The molecular weight excluding hydrogens is 234 g/mol. The highest BCUT2D eigenvalue weighted by molar-refractivity contribution is 5.81. The van der Waals surface area contributed by atoms with Gasteiger partial charge in [-0.1, -0.05) is 37.1 Å². The Bertz CT molecular complexity index is 540. The van der Waals surface area contributed by atoms with Crippen LogP contribution >= 0.6 is 0 Å². The molecule has 1 saturated carbocycles. The molecule has 2 aromatic rings. The number of hydrogen-bond donors (Lipinski definition) is 1. The zero-order chi connectivity index (χ0) is 13.1. The summed E-state index contributed by atoms with van der Waals surface area (Å²) in [6.45, 7) is 0. The molecule has 0 radical (unpaired) electrons. The fourth-order valence-corrected chi connectivity index (χ4v) is 3.25. The van der Waals surface area contributed by atoms with Gasteiger partial charge in [0.1, 0.15) is 0 Å². The fourth-order valence-electron chi connectivity index (χ4n) is 3.25. The molecule has 0 aliphatic heterocycles. The van der Waals surface area contributed by atoms with Crippen molar-refractivity contribution in [1.82, 2.24) is 4.98 Å². The molecule has 2 heteroatoms. The third-order valence-electron chi connectivity index (χ3n) is 4.37. The lowest BCUT2D eigenvalue weighted by molar-refractivity contribution is 0.102. The van der Waals surface area contributed by atoms with Crippen molar-refractivity contribution in [3.63, 3.8) is 0 Å². The zero-order valence-electron chi connectivity index (χ0n) is 11.3. The molecular formula is C17H21NO. The number of aliphatic hydroxyl groups excluding tert-OH is 1. The van der Waals surface area contributed by atoms with Crippen LogP contribution in [0.2, 0.25) is 0 Å². The van der Waals surface area contributed by atoms with E-state index in [1.165, 1.54) is 36.6 Å². The van der Waals surface area contributed by atoms with Crippen LogP contribution in [0.1, 0.15) is 37.7 Å². The second-order valence-electron chi connectivity index (χ2n) is 5.64. The van der Waals surface area contributed by atoms with Gasteiger partial charge >= 0.3 is 0 Å². The van der Waals surface area contributed by atoms with Crippen molar-refractivity contribution >= 4 is 10.9 Å². The Labute approximate surface area is 114 Å². The summed E-state index contributed by atoms with van der Waals surface area (Å²) >= 11 is 0. The van der Waals surface area contributed by atoms with Gasteiger partial charge in [-0.25, -0.2) is 0 Å². The molecule has 1 aromatic heterocycles. The first kappa shape index (κ1) is 12.6. The Morgan fingerprint density at radius 2 is 1.95 bits per heavy atom. The number of hydrogen-bond acceptors (Lipinski definition) is 2. The summed E-state index contributed by atoms with van der Waals surface area (Å²) < 4.78 is 0. The molecule has 1 heterocycles. The average Bonchev–Trinajstić information content (AvgIpc) is 2.99. The maximum Gasteiger partial charge on any atom is 0.0733 e. The minimum atomic E-state index is -0.138. The normalized spacial score (nSPS) is 17.9. The van der Waals surface area contributed by atoms with Gasteiger partial charge in [0.2, 0.25) is 0 Å². The maximum absolute atomic E-state index is 10.3. The highest BCUT2D eigenvalue weighted by atomic mass is 16.3. The van der Waals surface area contributed by atoms with Crippen molar-refractivity contribution in [2.45, 2.75) is 44.6 Å². The highest BCUT2D eigenvalue weighted by Crippen LogP contribution is 2.30. The van der Waals surface area contributed by atoms with Crippen LogP contribution in [0.15, 0.2) is 36.5 Å². The van der Waals surface area contributed by atoms with Gasteiger partial charge in [-0.05, 0) is 43.2 Å². The molecule has 0 bridgehead atoms. The van der Waals surface area contributed by atoms with E-state index in [2.05, 4.69) is 29.2 Å². The van der Waals surface area contributed by atoms with E-state index in [9.17, 15) is 5.11 Å². The van der Waals surface area contributed by atoms with Crippen LogP contribution in [0.5, 0.6) is 0 Å². The molecule has 1 aliphatic carbocycles. The summed E-state index contributed by atoms with van der Waals surface area (Å²) in [4.78, 5) is 4.47. The third kappa shape index (κ3) is 2.79. The van der Waals surface area contributed by atoms with Crippen LogP contribution in [0, 0.1) is 5.92 Å². The molecule has 1 atom stereocenters. The predicted molar refractivity (Wildman–Crippen MR) is 78.0 cm³/mol. The maximum atomic E-state index is 10.3.